The van der Waals surface area contributed by atoms with E-state index >= 15 is 0 Å². The molecule has 0 aliphatic rings. The molecule has 0 spiro atoms. The maximum atomic E-state index is 11.4. The second kappa shape index (κ2) is 4.73. The quantitative estimate of drug-likeness (QED) is 0.693. The smallest absolute Gasteiger partial charge is 0.311 e. The van der Waals surface area contributed by atoms with Gasteiger partial charge in [-0.1, -0.05) is 26.0 Å². The minimum absolute atomic E-state index is 0.0312. The van der Waals surface area contributed by atoms with E-state index in [1.54, 1.807) is 12.1 Å². The van der Waals surface area contributed by atoms with Crippen LogP contribution in [0, 0.1) is 6.92 Å². The van der Waals surface area contributed by atoms with Gasteiger partial charge in [-0.05, 0) is 23.6 Å². The van der Waals surface area contributed by atoms with Crippen LogP contribution in [0.2, 0.25) is 0 Å². The van der Waals surface area contributed by atoms with Crippen LogP contribution in [0.4, 0.5) is 0 Å². The van der Waals surface area contributed by atoms with Gasteiger partial charge in [0.25, 0.3) is 0 Å². The van der Waals surface area contributed by atoms with Crippen molar-refractivity contribution >= 4 is 5.97 Å². The molecule has 1 aromatic carbocycles. The molecule has 0 fully saturated rings. The first-order valence-corrected chi connectivity index (χ1v) is 4.68. The van der Waals surface area contributed by atoms with E-state index in [-0.39, 0.29) is 17.1 Å². The zero-order valence-electron chi connectivity index (χ0n) is 8.82. The van der Waals surface area contributed by atoms with Gasteiger partial charge in [-0.25, -0.2) is 0 Å². The predicted molar refractivity (Wildman–Crippen MR) is 57.8 cm³/mol. The molecule has 0 saturated carbocycles. The fraction of sp³-hybridized carbons (Fsp3) is 0.250. The molecule has 0 aliphatic heterocycles. The molecule has 3 nitrogen and oxygen atoms in total. The van der Waals surface area contributed by atoms with E-state index in [0.29, 0.717) is 0 Å². The summed E-state index contributed by atoms with van der Waals surface area (Å²) in [5.41, 5.74) is 0.618. The Balaban J connectivity index is 3.25. The number of carbonyl (C=O) groups is 1. The van der Waals surface area contributed by atoms with Crippen molar-refractivity contribution in [2.45, 2.75) is 19.8 Å². The van der Waals surface area contributed by atoms with Gasteiger partial charge >= 0.3 is 5.97 Å². The third-order valence-corrected chi connectivity index (χ3v) is 1.97. The van der Waals surface area contributed by atoms with Gasteiger partial charge in [0.15, 0.2) is 5.75 Å². The molecule has 0 bridgehead atoms. The van der Waals surface area contributed by atoms with Crippen LogP contribution in [-0.2, 0) is 4.79 Å². The summed E-state index contributed by atoms with van der Waals surface area (Å²) in [5.74, 6) is -0.434. The van der Waals surface area contributed by atoms with Gasteiger partial charge in [-0.2, -0.15) is 0 Å². The number of rotatable bonds is 2. The molecule has 0 aromatic heterocycles. The van der Waals surface area contributed by atoms with E-state index in [4.69, 9.17) is 4.74 Å². The standard InChI is InChI=1S/C12H13O3/c1-8(2)10-5-4-6-11(14)12(7-10)15-9(3)13/h4-8H,3H2,1-2H3. The summed E-state index contributed by atoms with van der Waals surface area (Å²) >= 11 is 0. The van der Waals surface area contributed by atoms with Gasteiger partial charge in [0, 0.05) is 0 Å². The Kier molecular flexibility index (Phi) is 3.61. The number of hydrogen-bond acceptors (Lipinski definition) is 3. The Morgan fingerprint density at radius 1 is 1.40 bits per heavy atom. The summed E-state index contributed by atoms with van der Waals surface area (Å²) in [6.07, 6.45) is 0. The lowest BCUT2D eigenvalue weighted by Gasteiger charge is -2.02. The van der Waals surface area contributed by atoms with Crippen molar-refractivity contribution in [1.29, 1.82) is 0 Å². The van der Waals surface area contributed by atoms with Crippen LogP contribution in [0.25, 0.3) is 0 Å². The summed E-state index contributed by atoms with van der Waals surface area (Å²) < 4.78 is 4.73. The molecule has 0 N–H and O–H groups in total. The average Bonchev–Trinajstić information content (AvgIpc) is 2.28. The number of hydrogen-bond donors (Lipinski definition) is 0. The van der Waals surface area contributed by atoms with Crippen LogP contribution in [0.5, 0.6) is 5.75 Å². The van der Waals surface area contributed by atoms with Gasteiger partial charge in [0.05, 0.1) is 6.92 Å². The molecular formula is C12H13O3. The van der Waals surface area contributed by atoms with E-state index in [2.05, 4.69) is 6.92 Å². The molecule has 1 rings (SSSR count). The van der Waals surface area contributed by atoms with Crippen LogP contribution in [0.1, 0.15) is 25.3 Å². The van der Waals surface area contributed by atoms with Crippen LogP contribution < -0.4 is 10.2 Å². The lowest BCUT2D eigenvalue weighted by molar-refractivity contribution is -0.129. The van der Waals surface area contributed by atoms with Gasteiger partial charge in [0.1, 0.15) is 0 Å². The molecule has 0 saturated heterocycles. The third-order valence-electron chi connectivity index (χ3n) is 1.97. The topological polar surface area (TPSA) is 43.4 Å². The molecule has 3 heteroatoms. The number of ether oxygens (including phenoxy) is 1. The zero-order chi connectivity index (χ0) is 11.4. The summed E-state index contributed by atoms with van der Waals surface area (Å²) in [6.45, 7) is 7.06. The molecule has 0 amide bonds. The third kappa shape index (κ3) is 3.20. The highest BCUT2D eigenvalue weighted by Crippen LogP contribution is 2.15. The van der Waals surface area contributed by atoms with E-state index in [9.17, 15) is 9.59 Å². The summed E-state index contributed by atoms with van der Waals surface area (Å²) in [5, 5.41) is 0. The Morgan fingerprint density at radius 3 is 2.60 bits per heavy atom. The fourth-order valence-corrected chi connectivity index (χ4v) is 1.16. The first-order chi connectivity index (χ1) is 7.00. The SMILES string of the molecule is [CH2]C(=O)Oc1cc(C(C)C)cccc1=O. The molecule has 0 atom stereocenters. The maximum absolute atomic E-state index is 11.4. The van der Waals surface area contributed by atoms with Crippen LogP contribution in [0.3, 0.4) is 0 Å². The van der Waals surface area contributed by atoms with E-state index < -0.39 is 5.97 Å². The monoisotopic (exact) mass is 205 g/mol. The maximum Gasteiger partial charge on any atom is 0.311 e. The molecular weight excluding hydrogens is 192 g/mol. The normalized spacial score (nSPS) is 10.1. The largest absolute Gasteiger partial charge is 0.422 e. The Labute approximate surface area is 88.7 Å². The van der Waals surface area contributed by atoms with Gasteiger partial charge < -0.3 is 4.74 Å². The Bertz CT molecular complexity index is 422. The van der Waals surface area contributed by atoms with Crippen LogP contribution in [-0.4, -0.2) is 5.97 Å². The van der Waals surface area contributed by atoms with Crippen LogP contribution >= 0.6 is 0 Å². The van der Waals surface area contributed by atoms with Crippen molar-refractivity contribution < 1.29 is 9.53 Å². The van der Waals surface area contributed by atoms with Crippen molar-refractivity contribution in [3.63, 3.8) is 0 Å². The highest BCUT2D eigenvalue weighted by molar-refractivity contribution is 5.76. The lowest BCUT2D eigenvalue weighted by Crippen LogP contribution is -2.09. The highest BCUT2D eigenvalue weighted by atomic mass is 16.5. The first kappa shape index (κ1) is 11.4. The van der Waals surface area contributed by atoms with Crippen molar-refractivity contribution in [1.82, 2.24) is 0 Å². The summed E-state index contributed by atoms with van der Waals surface area (Å²) in [7, 11) is 0. The number of carbonyl (C=O) groups excluding carboxylic acids is 1. The molecule has 1 aromatic rings. The summed E-state index contributed by atoms with van der Waals surface area (Å²) in [6, 6.07) is 6.42. The second-order valence-corrected chi connectivity index (χ2v) is 3.53. The zero-order valence-corrected chi connectivity index (χ0v) is 8.82. The molecule has 0 aliphatic carbocycles. The highest BCUT2D eigenvalue weighted by Gasteiger charge is 2.05. The molecule has 15 heavy (non-hydrogen) atoms. The molecule has 0 unspecified atom stereocenters. The van der Waals surface area contributed by atoms with Gasteiger partial charge in [0.2, 0.25) is 5.43 Å². The van der Waals surface area contributed by atoms with Gasteiger partial charge in [-0.15, -0.1) is 0 Å². The van der Waals surface area contributed by atoms with Gasteiger partial charge in [-0.3, -0.25) is 9.59 Å². The fourth-order valence-electron chi connectivity index (χ4n) is 1.16. The van der Waals surface area contributed by atoms with E-state index in [1.807, 2.05) is 19.9 Å². The van der Waals surface area contributed by atoms with E-state index in [1.165, 1.54) is 6.07 Å². The summed E-state index contributed by atoms with van der Waals surface area (Å²) in [4.78, 5) is 22.1. The van der Waals surface area contributed by atoms with Crippen molar-refractivity contribution in [2.75, 3.05) is 0 Å². The Hall–Kier alpha value is -1.64. The van der Waals surface area contributed by atoms with Crippen molar-refractivity contribution in [2.24, 2.45) is 0 Å². The average molecular weight is 205 g/mol. The van der Waals surface area contributed by atoms with Crippen LogP contribution in [0.15, 0.2) is 29.1 Å². The van der Waals surface area contributed by atoms with E-state index in [0.717, 1.165) is 5.56 Å². The first-order valence-electron chi connectivity index (χ1n) is 4.68. The predicted octanol–water partition coefficient (Wildman–Crippen LogP) is 1.91. The molecule has 79 valence electrons. The second-order valence-electron chi connectivity index (χ2n) is 3.53. The van der Waals surface area contributed by atoms with Crippen molar-refractivity contribution in [3.8, 4) is 5.75 Å². The number of esters is 1. The molecule has 0 heterocycles. The molecule has 1 radical (unpaired) electrons. The Morgan fingerprint density at radius 2 is 2.07 bits per heavy atom. The minimum atomic E-state index is -0.729. The minimum Gasteiger partial charge on any atom is -0.422 e. The lowest BCUT2D eigenvalue weighted by atomic mass is 10.1. The van der Waals surface area contributed by atoms with Crippen molar-refractivity contribution in [3.05, 3.63) is 47.0 Å².